The summed E-state index contributed by atoms with van der Waals surface area (Å²) in [5, 5.41) is 5.53. The van der Waals surface area contributed by atoms with Gasteiger partial charge in [0.05, 0.1) is 24.0 Å². The highest BCUT2D eigenvalue weighted by Crippen LogP contribution is 2.32. The van der Waals surface area contributed by atoms with Gasteiger partial charge in [0, 0.05) is 32.0 Å². The summed E-state index contributed by atoms with van der Waals surface area (Å²) in [6.07, 6.45) is -5.40. The normalized spacial score (nSPS) is 16.1. The third kappa shape index (κ3) is 12.2. The summed E-state index contributed by atoms with van der Waals surface area (Å²) in [5.74, 6) is 2.01. The molecule has 1 aromatic heterocycles. The largest absolute Gasteiger partial charge is 0.393 e. The minimum Gasteiger partial charge on any atom is -0.393 e. The van der Waals surface area contributed by atoms with Crippen LogP contribution in [0.3, 0.4) is 0 Å². The lowest BCUT2D eigenvalue weighted by atomic mass is 9.97. The van der Waals surface area contributed by atoms with Crippen molar-refractivity contribution in [2.75, 3.05) is 0 Å². The van der Waals surface area contributed by atoms with E-state index in [1.54, 1.807) is 18.2 Å². The van der Waals surface area contributed by atoms with Gasteiger partial charge < -0.3 is 26.4 Å². The molecule has 16 heteroatoms. The molecule has 0 spiro atoms. The molecule has 1 heterocycles. The first kappa shape index (κ1) is 33.6. The highest BCUT2D eigenvalue weighted by molar-refractivity contribution is 5.92. The van der Waals surface area contributed by atoms with E-state index in [2.05, 4.69) is 20.6 Å². The lowest BCUT2D eigenvalue weighted by molar-refractivity contribution is -0.144. The molecule has 1 aliphatic rings. The van der Waals surface area contributed by atoms with Crippen molar-refractivity contribution in [1.82, 2.24) is 25.6 Å². The molecule has 3 rings (SSSR count). The Morgan fingerprint density at radius 1 is 1.15 bits per heavy atom. The molecule has 1 atom stereocenters. The number of nitrogens with one attached hydrogen (secondary N) is 3. The fourth-order valence-corrected chi connectivity index (χ4v) is 3.65. The van der Waals surface area contributed by atoms with Crippen LogP contribution in [0, 0.1) is 0 Å². The SMILES string of the molecule is CC(C(F)F)N(N)/C=C(\N)C(=O)NCc1nc2ccc(CNC(=O)CCC(F)(F)F)cc2[nH]1.FC1(F)CCCCC1. The molecule has 0 aliphatic heterocycles. The summed E-state index contributed by atoms with van der Waals surface area (Å²) in [6.45, 7) is 1.15. The second-order valence-corrected chi connectivity index (χ2v) is 9.63. The number of amides is 2. The monoisotopic (exact) mass is 597 g/mol. The third-order valence-electron chi connectivity index (χ3n) is 6.11. The molecule has 1 fully saturated rings. The van der Waals surface area contributed by atoms with Crippen molar-refractivity contribution >= 4 is 22.8 Å². The summed E-state index contributed by atoms with van der Waals surface area (Å²) >= 11 is 0. The molecule has 41 heavy (non-hydrogen) atoms. The van der Waals surface area contributed by atoms with Crippen LogP contribution >= 0.6 is 0 Å². The molecule has 1 saturated carbocycles. The topological polar surface area (TPSA) is 142 Å². The predicted octanol–water partition coefficient (Wildman–Crippen LogP) is 4.35. The van der Waals surface area contributed by atoms with Crippen LogP contribution in [0.15, 0.2) is 30.1 Å². The van der Waals surface area contributed by atoms with Crippen LogP contribution in [0.2, 0.25) is 0 Å². The summed E-state index contributed by atoms with van der Waals surface area (Å²) in [7, 11) is 0. The van der Waals surface area contributed by atoms with E-state index in [9.17, 15) is 40.3 Å². The number of nitrogens with zero attached hydrogens (tertiary/aromatic N) is 2. The van der Waals surface area contributed by atoms with E-state index in [0.29, 0.717) is 40.3 Å². The van der Waals surface area contributed by atoms with Crippen LogP contribution in [0.1, 0.15) is 63.3 Å². The van der Waals surface area contributed by atoms with Gasteiger partial charge in [-0.2, -0.15) is 13.2 Å². The number of hydrazine groups is 1. The Kier molecular flexibility index (Phi) is 12.2. The zero-order valence-electron chi connectivity index (χ0n) is 22.3. The van der Waals surface area contributed by atoms with E-state index < -0.39 is 49.2 Å². The second kappa shape index (κ2) is 14.9. The number of carbonyl (C=O) groups is 2. The van der Waals surface area contributed by atoms with Crippen molar-refractivity contribution < 1.29 is 40.3 Å². The smallest absolute Gasteiger partial charge is 0.389 e. The van der Waals surface area contributed by atoms with E-state index in [-0.39, 0.29) is 31.6 Å². The minimum absolute atomic E-state index is 0.0334. The first-order valence-electron chi connectivity index (χ1n) is 12.8. The number of hydrogen-bond donors (Lipinski definition) is 5. The van der Waals surface area contributed by atoms with Crippen molar-refractivity contribution in [2.24, 2.45) is 11.6 Å². The Morgan fingerprint density at radius 2 is 1.80 bits per heavy atom. The van der Waals surface area contributed by atoms with Crippen LogP contribution in [-0.4, -0.2) is 51.4 Å². The first-order valence-corrected chi connectivity index (χ1v) is 12.8. The van der Waals surface area contributed by atoms with Crippen molar-refractivity contribution in [3.05, 3.63) is 41.5 Å². The number of rotatable bonds is 10. The maximum atomic E-state index is 12.6. The van der Waals surface area contributed by atoms with E-state index in [4.69, 9.17) is 11.6 Å². The van der Waals surface area contributed by atoms with Gasteiger partial charge in [0.2, 0.25) is 11.8 Å². The van der Waals surface area contributed by atoms with Crippen LogP contribution in [0.5, 0.6) is 0 Å². The highest BCUT2D eigenvalue weighted by atomic mass is 19.4. The van der Waals surface area contributed by atoms with Gasteiger partial charge in [0.15, 0.2) is 0 Å². The molecule has 0 bridgehead atoms. The predicted molar refractivity (Wildman–Crippen MR) is 137 cm³/mol. The standard InChI is InChI=1S/C19H24F5N7O2.C6H10F2/c1-10(17(20)21)31(26)9-12(25)18(33)28-8-15-29-13-3-2-11(6-14(13)30-15)7-27-16(32)4-5-19(22,23)24;7-6(8)4-2-1-3-5-6/h2-3,6,9-10,17H,4-5,7-8,25-26H2,1H3,(H,27,32)(H,28,33)(H,29,30);1-5H2/b12-9-;. The molecular formula is C25H34F7N7O2. The number of benzene rings is 1. The van der Waals surface area contributed by atoms with Crippen molar-refractivity contribution in [2.45, 2.75) is 89.5 Å². The van der Waals surface area contributed by atoms with Crippen LogP contribution in [0.25, 0.3) is 11.0 Å². The van der Waals surface area contributed by atoms with Gasteiger partial charge in [-0.1, -0.05) is 12.5 Å². The number of H-pyrrole nitrogens is 1. The van der Waals surface area contributed by atoms with E-state index in [1.165, 1.54) is 6.92 Å². The molecule has 0 saturated heterocycles. The van der Waals surface area contributed by atoms with Crippen LogP contribution in [0.4, 0.5) is 30.7 Å². The molecule has 1 unspecified atom stereocenters. The fourth-order valence-electron chi connectivity index (χ4n) is 3.65. The van der Waals surface area contributed by atoms with Gasteiger partial charge in [-0.25, -0.2) is 28.4 Å². The average molecular weight is 598 g/mol. The number of fused-ring (bicyclic) bond motifs is 1. The van der Waals surface area contributed by atoms with Crippen molar-refractivity contribution in [3.63, 3.8) is 0 Å². The lowest BCUT2D eigenvalue weighted by Crippen LogP contribution is -2.41. The summed E-state index contributed by atoms with van der Waals surface area (Å²) in [4.78, 5) is 30.8. The third-order valence-corrected chi connectivity index (χ3v) is 6.11. The maximum absolute atomic E-state index is 12.6. The number of carbonyl (C=O) groups excluding carboxylic acids is 2. The Balaban J connectivity index is 0.000000629. The number of aromatic nitrogens is 2. The quantitative estimate of drug-likeness (QED) is 0.119. The molecule has 230 valence electrons. The maximum Gasteiger partial charge on any atom is 0.389 e. The molecular weight excluding hydrogens is 563 g/mol. The second-order valence-electron chi connectivity index (χ2n) is 9.63. The zero-order chi connectivity index (χ0) is 30.8. The van der Waals surface area contributed by atoms with Crippen LogP contribution in [-0.2, 0) is 22.7 Å². The number of hydrogen-bond acceptors (Lipinski definition) is 6. The fraction of sp³-hybridized carbons (Fsp3) is 0.560. The Labute approximate surface area is 231 Å². The number of halogens is 7. The van der Waals surface area contributed by atoms with Gasteiger partial charge in [-0.3, -0.25) is 9.59 Å². The van der Waals surface area contributed by atoms with Gasteiger partial charge in [-0.15, -0.1) is 0 Å². The molecule has 2 aromatic rings. The number of alkyl halides is 7. The van der Waals surface area contributed by atoms with E-state index in [0.717, 1.165) is 12.6 Å². The molecule has 1 aromatic carbocycles. The Bertz CT molecular complexity index is 1180. The minimum atomic E-state index is -4.40. The number of aromatic amines is 1. The zero-order valence-corrected chi connectivity index (χ0v) is 22.3. The van der Waals surface area contributed by atoms with Gasteiger partial charge in [0.25, 0.3) is 12.3 Å². The lowest BCUT2D eigenvalue weighted by Gasteiger charge is -2.21. The Morgan fingerprint density at radius 3 is 2.37 bits per heavy atom. The molecule has 2 amide bonds. The van der Waals surface area contributed by atoms with Crippen molar-refractivity contribution in [1.29, 1.82) is 0 Å². The van der Waals surface area contributed by atoms with E-state index in [1.807, 2.05) is 0 Å². The van der Waals surface area contributed by atoms with Gasteiger partial charge >= 0.3 is 6.18 Å². The number of nitrogens with two attached hydrogens (primary N) is 2. The Hall–Kier alpha value is -3.56. The molecule has 9 nitrogen and oxygen atoms in total. The van der Waals surface area contributed by atoms with Crippen LogP contribution < -0.4 is 22.2 Å². The highest BCUT2D eigenvalue weighted by Gasteiger charge is 2.30. The van der Waals surface area contributed by atoms with Crippen molar-refractivity contribution in [3.8, 4) is 0 Å². The van der Waals surface area contributed by atoms with Gasteiger partial charge in [0.1, 0.15) is 17.6 Å². The first-order chi connectivity index (χ1) is 19.1. The summed E-state index contributed by atoms with van der Waals surface area (Å²) in [6, 6.07) is 3.61. The molecule has 0 radical (unpaired) electrons. The number of imidazole rings is 1. The average Bonchev–Trinajstić information content (AvgIpc) is 3.30. The van der Waals surface area contributed by atoms with E-state index >= 15 is 0 Å². The molecule has 1 aliphatic carbocycles. The molecule has 7 N–H and O–H groups in total. The summed E-state index contributed by atoms with van der Waals surface area (Å²) in [5.41, 5.74) is 6.96. The van der Waals surface area contributed by atoms with Gasteiger partial charge in [-0.05, 0) is 37.5 Å². The summed E-state index contributed by atoms with van der Waals surface area (Å²) < 4.78 is 86.2.